The van der Waals surface area contributed by atoms with Gasteiger partial charge in [0.2, 0.25) is 0 Å². The number of esters is 2. The Morgan fingerprint density at radius 1 is 0.338 bits per heavy atom. The van der Waals surface area contributed by atoms with Crippen LogP contribution in [0.1, 0.15) is 309 Å². The molecule has 1 unspecified atom stereocenters. The van der Waals surface area contributed by atoms with Crippen molar-refractivity contribution in [2.24, 2.45) is 0 Å². The van der Waals surface area contributed by atoms with E-state index in [1.54, 1.807) is 0 Å². The van der Waals surface area contributed by atoms with Crippen LogP contribution < -0.4 is 0 Å². The summed E-state index contributed by atoms with van der Waals surface area (Å²) in [5.74, 6) is -0.594. The lowest BCUT2D eigenvalue weighted by molar-refractivity contribution is -0.161. The molecule has 0 radical (unpaired) electrons. The summed E-state index contributed by atoms with van der Waals surface area (Å²) in [6, 6.07) is 0. The zero-order valence-electron chi connectivity index (χ0n) is 45.4. The lowest BCUT2D eigenvalue weighted by Gasteiger charge is -2.15. The molecule has 0 amide bonds. The molecule has 0 aromatic heterocycles. The standard InChI is InChI=1S/C63H114O5/c1-3-5-7-9-11-13-15-17-19-21-23-25-26-27-28-29-30-31-32-33-34-35-36-38-39-41-43-45-47-49-51-53-55-57-62(65)67-60-61(59-64)68-63(66)58-56-54-52-50-48-46-44-42-40-37-24-22-20-18-16-14-12-10-8-6-4-2/h15-18,21-24,40,42,61,64H,3-14,19-20,25-39,41,43-60H2,1-2H3/b17-15-,18-16-,23-21-,24-22-,42-40-. The molecular formula is C63H114O5. The summed E-state index contributed by atoms with van der Waals surface area (Å²) in [7, 11) is 0. The Morgan fingerprint density at radius 2 is 0.588 bits per heavy atom. The van der Waals surface area contributed by atoms with Gasteiger partial charge in [-0.2, -0.15) is 0 Å². The minimum Gasteiger partial charge on any atom is -0.462 e. The summed E-state index contributed by atoms with van der Waals surface area (Å²) in [4.78, 5) is 24.5. The van der Waals surface area contributed by atoms with Crippen molar-refractivity contribution in [3.8, 4) is 0 Å². The molecule has 0 rings (SSSR count). The fourth-order valence-electron chi connectivity index (χ4n) is 8.77. The second-order valence-corrected chi connectivity index (χ2v) is 20.1. The average molecular weight is 952 g/mol. The van der Waals surface area contributed by atoms with Gasteiger partial charge in [0, 0.05) is 12.8 Å². The van der Waals surface area contributed by atoms with E-state index in [1.807, 2.05) is 0 Å². The molecule has 1 atom stereocenters. The molecule has 0 aromatic rings. The molecule has 0 aliphatic carbocycles. The summed E-state index contributed by atoms with van der Waals surface area (Å²) in [5.41, 5.74) is 0. The number of ether oxygens (including phenoxy) is 2. The van der Waals surface area contributed by atoms with Crippen molar-refractivity contribution in [2.75, 3.05) is 13.2 Å². The van der Waals surface area contributed by atoms with Crippen molar-refractivity contribution in [1.82, 2.24) is 0 Å². The van der Waals surface area contributed by atoms with Crippen LogP contribution in [0.2, 0.25) is 0 Å². The van der Waals surface area contributed by atoms with E-state index < -0.39 is 6.10 Å². The number of carbonyl (C=O) groups excluding carboxylic acids is 2. The minimum absolute atomic E-state index is 0.0698. The summed E-state index contributed by atoms with van der Waals surface area (Å²) < 4.78 is 10.7. The Morgan fingerprint density at radius 3 is 0.882 bits per heavy atom. The third-order valence-electron chi connectivity index (χ3n) is 13.3. The number of rotatable bonds is 55. The molecule has 5 nitrogen and oxygen atoms in total. The van der Waals surface area contributed by atoms with E-state index in [1.165, 1.54) is 218 Å². The summed E-state index contributed by atoms with van der Waals surface area (Å²) in [6.45, 7) is 4.14. The van der Waals surface area contributed by atoms with Crippen molar-refractivity contribution in [2.45, 2.75) is 315 Å². The Kier molecular flexibility index (Phi) is 56.8. The molecule has 0 spiro atoms. The van der Waals surface area contributed by atoms with Gasteiger partial charge in [0.1, 0.15) is 6.61 Å². The SMILES string of the molecule is CCCCCCC/C=C\C/C=C\C/C=C\CCCCCCCCC(=O)OC(CO)COC(=O)CCCCCCCCCCCCCCCCCCCCCCC/C=C\C/C=C\CCCCCCC. The molecule has 0 aromatic carbocycles. The maximum absolute atomic E-state index is 12.3. The number of hydrogen-bond donors (Lipinski definition) is 1. The number of aliphatic hydroxyl groups excluding tert-OH is 1. The van der Waals surface area contributed by atoms with Crippen molar-refractivity contribution < 1.29 is 24.2 Å². The van der Waals surface area contributed by atoms with Gasteiger partial charge in [0.25, 0.3) is 0 Å². The van der Waals surface area contributed by atoms with Crippen LogP contribution in [0, 0.1) is 0 Å². The quantitative estimate of drug-likeness (QED) is 0.0374. The number of carbonyl (C=O) groups is 2. The van der Waals surface area contributed by atoms with Crippen LogP contribution in [0.15, 0.2) is 60.8 Å². The van der Waals surface area contributed by atoms with E-state index in [0.717, 1.165) is 64.2 Å². The summed E-state index contributed by atoms with van der Waals surface area (Å²) >= 11 is 0. The van der Waals surface area contributed by atoms with Crippen molar-refractivity contribution in [1.29, 1.82) is 0 Å². The smallest absolute Gasteiger partial charge is 0.306 e. The first kappa shape index (κ1) is 65.6. The van der Waals surface area contributed by atoms with E-state index >= 15 is 0 Å². The van der Waals surface area contributed by atoms with Crippen LogP contribution in [0.3, 0.4) is 0 Å². The Labute approximate surface area is 423 Å². The Bertz CT molecular complexity index is 1170. The molecule has 5 heteroatoms. The van der Waals surface area contributed by atoms with Crippen LogP contribution in [-0.2, 0) is 19.1 Å². The molecule has 1 N–H and O–H groups in total. The molecule has 0 bridgehead atoms. The molecule has 0 fully saturated rings. The van der Waals surface area contributed by atoms with Crippen LogP contribution in [0.5, 0.6) is 0 Å². The van der Waals surface area contributed by atoms with Gasteiger partial charge in [-0.05, 0) is 83.5 Å². The number of aliphatic hydroxyl groups is 1. The van der Waals surface area contributed by atoms with E-state index in [9.17, 15) is 14.7 Å². The van der Waals surface area contributed by atoms with E-state index in [4.69, 9.17) is 9.47 Å². The van der Waals surface area contributed by atoms with E-state index in [-0.39, 0.29) is 25.2 Å². The maximum Gasteiger partial charge on any atom is 0.306 e. The zero-order valence-corrected chi connectivity index (χ0v) is 45.4. The van der Waals surface area contributed by atoms with Crippen LogP contribution >= 0.6 is 0 Å². The second-order valence-electron chi connectivity index (χ2n) is 20.1. The number of unbranched alkanes of at least 4 members (excludes halogenated alkanes) is 37. The van der Waals surface area contributed by atoms with Gasteiger partial charge in [-0.25, -0.2) is 0 Å². The minimum atomic E-state index is -0.780. The predicted molar refractivity (Wildman–Crippen MR) is 297 cm³/mol. The highest BCUT2D eigenvalue weighted by molar-refractivity contribution is 5.70. The molecule has 396 valence electrons. The van der Waals surface area contributed by atoms with Gasteiger partial charge in [-0.1, -0.05) is 274 Å². The van der Waals surface area contributed by atoms with E-state index in [2.05, 4.69) is 74.6 Å². The highest BCUT2D eigenvalue weighted by Gasteiger charge is 2.16. The normalized spacial score (nSPS) is 12.6. The number of allylic oxidation sites excluding steroid dienone is 10. The third kappa shape index (κ3) is 56.2. The molecule has 68 heavy (non-hydrogen) atoms. The van der Waals surface area contributed by atoms with Gasteiger partial charge in [0.15, 0.2) is 6.10 Å². The molecule has 0 heterocycles. The van der Waals surface area contributed by atoms with Crippen molar-refractivity contribution >= 4 is 11.9 Å². The third-order valence-corrected chi connectivity index (χ3v) is 13.3. The van der Waals surface area contributed by atoms with Crippen molar-refractivity contribution in [3.63, 3.8) is 0 Å². The summed E-state index contributed by atoms with van der Waals surface area (Å²) in [5, 5.41) is 9.65. The van der Waals surface area contributed by atoms with Gasteiger partial charge >= 0.3 is 11.9 Å². The lowest BCUT2D eigenvalue weighted by Crippen LogP contribution is -2.28. The van der Waals surface area contributed by atoms with Gasteiger partial charge in [-0.3, -0.25) is 9.59 Å². The highest BCUT2D eigenvalue weighted by atomic mass is 16.6. The number of hydrogen-bond acceptors (Lipinski definition) is 5. The zero-order chi connectivity index (χ0) is 49.2. The van der Waals surface area contributed by atoms with Crippen LogP contribution in [0.4, 0.5) is 0 Å². The fraction of sp³-hybridized carbons (Fsp3) is 0.810. The predicted octanol–water partition coefficient (Wildman–Crippen LogP) is 20.2. The first-order valence-corrected chi connectivity index (χ1v) is 29.8. The van der Waals surface area contributed by atoms with Crippen LogP contribution in [-0.4, -0.2) is 36.4 Å². The molecule has 0 saturated heterocycles. The Balaban J connectivity index is 3.45. The molecule has 0 saturated carbocycles. The average Bonchev–Trinajstić information content (AvgIpc) is 3.34. The van der Waals surface area contributed by atoms with Gasteiger partial charge < -0.3 is 14.6 Å². The maximum atomic E-state index is 12.3. The van der Waals surface area contributed by atoms with Gasteiger partial charge in [-0.15, -0.1) is 0 Å². The molecule has 0 aliphatic heterocycles. The summed E-state index contributed by atoms with van der Waals surface area (Å²) in [6.07, 6.45) is 79.2. The molecular weight excluding hydrogens is 837 g/mol. The first-order chi connectivity index (χ1) is 33.6. The highest BCUT2D eigenvalue weighted by Crippen LogP contribution is 2.17. The van der Waals surface area contributed by atoms with E-state index in [0.29, 0.717) is 12.8 Å². The first-order valence-electron chi connectivity index (χ1n) is 29.8. The van der Waals surface area contributed by atoms with Gasteiger partial charge in [0.05, 0.1) is 6.61 Å². The lowest BCUT2D eigenvalue weighted by atomic mass is 10.0. The van der Waals surface area contributed by atoms with Crippen LogP contribution in [0.25, 0.3) is 0 Å². The fourth-order valence-corrected chi connectivity index (χ4v) is 8.77. The molecule has 0 aliphatic rings. The second kappa shape index (κ2) is 58.9. The Hall–Kier alpha value is -2.40. The monoisotopic (exact) mass is 951 g/mol. The largest absolute Gasteiger partial charge is 0.462 e. The topological polar surface area (TPSA) is 72.8 Å². The van der Waals surface area contributed by atoms with Crippen molar-refractivity contribution in [3.05, 3.63) is 60.8 Å².